The number of benzene rings is 2. The third-order valence-electron chi connectivity index (χ3n) is 8.58. The molecule has 2 N–H and O–H groups in total. The molecule has 4 aromatic rings. The number of nitrogens with one attached hydrogen (secondary N) is 1. The lowest BCUT2D eigenvalue weighted by Crippen LogP contribution is -2.39. The summed E-state index contributed by atoms with van der Waals surface area (Å²) in [5.41, 5.74) is 2.57. The van der Waals surface area contributed by atoms with Crippen molar-refractivity contribution in [1.29, 1.82) is 0 Å². The van der Waals surface area contributed by atoms with Crippen molar-refractivity contribution in [2.75, 3.05) is 29.9 Å². The average Bonchev–Trinajstić information content (AvgIpc) is 3.03. The molecule has 1 aliphatic rings. The molecule has 0 spiro atoms. The number of aryl methyl sites for hydroxylation is 1. The summed E-state index contributed by atoms with van der Waals surface area (Å²) in [6.07, 6.45) is 1.70. The highest BCUT2D eigenvalue weighted by molar-refractivity contribution is 5.93. The van der Waals surface area contributed by atoms with Gasteiger partial charge in [-0.3, -0.25) is 0 Å². The van der Waals surface area contributed by atoms with E-state index < -0.39 is 29.4 Å². The van der Waals surface area contributed by atoms with Gasteiger partial charge in [0.05, 0.1) is 29.8 Å². The third-order valence-corrected chi connectivity index (χ3v) is 8.58. The molecule has 0 saturated carbocycles. The Morgan fingerprint density at radius 1 is 1.04 bits per heavy atom. The van der Waals surface area contributed by atoms with Crippen molar-refractivity contribution in [3.63, 3.8) is 0 Å². The number of aromatic nitrogens is 2. The van der Waals surface area contributed by atoms with Gasteiger partial charge in [-0.15, -0.1) is 0 Å². The summed E-state index contributed by atoms with van der Waals surface area (Å²) in [6, 6.07) is 14.4. The Hall–Kier alpha value is -4.64. The number of carboxylic acid groups (broad SMARTS) is 1. The molecule has 2 aromatic heterocycles. The Bertz CT molecular complexity index is 1780. The second-order valence-electron chi connectivity index (χ2n) is 14.1. The summed E-state index contributed by atoms with van der Waals surface area (Å²) in [5.74, 6) is -2.31. The third kappa shape index (κ3) is 8.89. The first-order chi connectivity index (χ1) is 23.1. The van der Waals surface area contributed by atoms with Crippen molar-refractivity contribution in [2.45, 2.75) is 72.5 Å². The van der Waals surface area contributed by atoms with E-state index in [4.69, 9.17) is 14.5 Å². The van der Waals surface area contributed by atoms with Crippen molar-refractivity contribution in [3.8, 4) is 16.9 Å². The van der Waals surface area contributed by atoms with Crippen molar-refractivity contribution in [2.24, 2.45) is 5.41 Å². The first kappa shape index (κ1) is 35.7. The number of nitrogens with zero attached hydrogens (tertiary/aromatic N) is 3. The Morgan fingerprint density at radius 2 is 1.69 bits per heavy atom. The van der Waals surface area contributed by atoms with Gasteiger partial charge in [-0.1, -0.05) is 38.1 Å². The monoisotopic (exact) mass is 676 g/mol. The molecular weight excluding hydrogens is 633 g/mol. The largest absolute Gasteiger partial charge is 0.493 e. The first-order valence-corrected chi connectivity index (χ1v) is 16.4. The van der Waals surface area contributed by atoms with Crippen LogP contribution in [0.1, 0.15) is 70.4 Å². The highest BCUT2D eigenvalue weighted by atomic mass is 19.1. The molecule has 1 fully saturated rings. The maximum atomic E-state index is 15.0. The Labute approximate surface area is 285 Å². The predicted molar refractivity (Wildman–Crippen MR) is 184 cm³/mol. The highest BCUT2D eigenvalue weighted by Crippen LogP contribution is 2.47. The summed E-state index contributed by atoms with van der Waals surface area (Å²) in [4.78, 5) is 23.3. The molecular formula is C38H43F3N4O4. The van der Waals surface area contributed by atoms with Crippen LogP contribution in [0.5, 0.6) is 5.75 Å². The minimum absolute atomic E-state index is 0.0820. The average molecular weight is 677 g/mol. The fraction of sp³-hybridized carbons (Fsp3) is 0.395. The van der Waals surface area contributed by atoms with Gasteiger partial charge in [0.1, 0.15) is 17.4 Å². The van der Waals surface area contributed by atoms with Crippen molar-refractivity contribution in [3.05, 3.63) is 95.2 Å². The number of hydrogen-bond acceptors (Lipinski definition) is 7. The van der Waals surface area contributed by atoms with Gasteiger partial charge in [0.15, 0.2) is 11.9 Å². The molecule has 0 amide bonds. The Balaban J connectivity index is 1.65. The van der Waals surface area contributed by atoms with Gasteiger partial charge >= 0.3 is 5.97 Å². The molecule has 2 aromatic carbocycles. The van der Waals surface area contributed by atoms with Crippen LogP contribution in [0.2, 0.25) is 0 Å². The zero-order valence-electron chi connectivity index (χ0n) is 28.7. The van der Waals surface area contributed by atoms with Crippen LogP contribution in [0.3, 0.4) is 0 Å². The van der Waals surface area contributed by atoms with Crippen LogP contribution in [0, 0.1) is 29.9 Å². The molecule has 1 saturated heterocycles. The van der Waals surface area contributed by atoms with E-state index in [-0.39, 0.29) is 22.7 Å². The van der Waals surface area contributed by atoms with Crippen molar-refractivity contribution >= 4 is 23.2 Å². The van der Waals surface area contributed by atoms with E-state index in [2.05, 4.69) is 29.0 Å². The fourth-order valence-electron chi connectivity index (χ4n) is 5.92. The second kappa shape index (κ2) is 14.5. The van der Waals surface area contributed by atoms with Gasteiger partial charge in [0.2, 0.25) is 5.95 Å². The van der Waals surface area contributed by atoms with Gasteiger partial charge < -0.3 is 24.8 Å². The first-order valence-electron chi connectivity index (χ1n) is 16.4. The number of piperidine rings is 1. The van der Waals surface area contributed by atoms with E-state index in [1.54, 1.807) is 52.0 Å². The molecule has 3 heterocycles. The van der Waals surface area contributed by atoms with E-state index in [0.29, 0.717) is 59.9 Å². The maximum absolute atomic E-state index is 15.0. The molecule has 1 atom stereocenters. The summed E-state index contributed by atoms with van der Waals surface area (Å²) in [6.45, 7) is 13.1. The Morgan fingerprint density at radius 3 is 2.31 bits per heavy atom. The zero-order chi connectivity index (χ0) is 35.5. The van der Waals surface area contributed by atoms with Gasteiger partial charge in [-0.05, 0) is 81.3 Å². The molecule has 0 aliphatic carbocycles. The van der Waals surface area contributed by atoms with Crippen LogP contribution in [0.4, 0.5) is 30.4 Å². The molecule has 8 nitrogen and oxygen atoms in total. The van der Waals surface area contributed by atoms with Crippen molar-refractivity contribution in [1.82, 2.24) is 9.97 Å². The highest BCUT2D eigenvalue weighted by Gasteiger charge is 2.37. The molecule has 0 radical (unpaired) electrons. The van der Waals surface area contributed by atoms with Crippen LogP contribution in [-0.4, -0.2) is 46.3 Å². The molecule has 11 heteroatoms. The predicted octanol–water partition coefficient (Wildman–Crippen LogP) is 8.80. The number of anilines is 3. The summed E-state index contributed by atoms with van der Waals surface area (Å²) < 4.78 is 54.7. The molecule has 1 aliphatic heterocycles. The number of pyridine rings is 2. The van der Waals surface area contributed by atoms with Gasteiger partial charge in [-0.2, -0.15) is 4.39 Å². The minimum atomic E-state index is -1.37. The number of aliphatic carboxylic acids is 1. The van der Waals surface area contributed by atoms with Crippen LogP contribution in [0.15, 0.2) is 60.8 Å². The van der Waals surface area contributed by atoms with E-state index in [0.717, 1.165) is 30.7 Å². The number of carboxylic acids is 1. The van der Waals surface area contributed by atoms with Gasteiger partial charge in [0.25, 0.3) is 0 Å². The number of hydrogen-bond donors (Lipinski definition) is 2. The molecule has 49 heavy (non-hydrogen) atoms. The second-order valence-corrected chi connectivity index (χ2v) is 14.1. The van der Waals surface area contributed by atoms with E-state index in [1.807, 2.05) is 12.1 Å². The lowest BCUT2D eigenvalue weighted by atomic mass is 9.82. The molecule has 260 valence electrons. The van der Waals surface area contributed by atoms with E-state index in [1.165, 1.54) is 12.1 Å². The van der Waals surface area contributed by atoms with Crippen LogP contribution >= 0.6 is 0 Å². The number of carbonyl (C=O) groups is 1. The number of rotatable bonds is 11. The zero-order valence-corrected chi connectivity index (χ0v) is 28.7. The lowest BCUT2D eigenvalue weighted by molar-refractivity contribution is -0.160. The molecule has 0 unspecified atom stereocenters. The van der Waals surface area contributed by atoms with E-state index in [9.17, 15) is 23.1 Å². The summed E-state index contributed by atoms with van der Waals surface area (Å²) in [5, 5.41) is 13.5. The van der Waals surface area contributed by atoms with Crippen LogP contribution in [0.25, 0.3) is 11.1 Å². The standard InChI is InChI=1S/C38H43F3N4O4/c1-23-31(34(36(46)47)49-37(2,3)4)33(45-18-16-38(5,6)17-19-45)32(35(43-23)44-29-21-30(41)42-22-28(29)40)25-9-13-27(14-10-25)48-20-15-24-7-11-26(39)12-8-24/h7-14,21-22,34H,15-20H2,1-6H3,(H,46,47)(H,42,43,44)/t34-/m0/s1. The maximum Gasteiger partial charge on any atom is 0.337 e. The fourth-order valence-corrected chi connectivity index (χ4v) is 5.92. The summed E-state index contributed by atoms with van der Waals surface area (Å²) >= 11 is 0. The van der Waals surface area contributed by atoms with Crippen molar-refractivity contribution < 1.29 is 32.5 Å². The van der Waals surface area contributed by atoms with Gasteiger partial charge in [0, 0.05) is 42.4 Å². The smallest absolute Gasteiger partial charge is 0.337 e. The number of ether oxygens (including phenoxy) is 2. The quantitative estimate of drug-likeness (QED) is 0.152. The SMILES string of the molecule is Cc1nc(Nc2cc(F)ncc2F)c(-c2ccc(OCCc3ccc(F)cc3)cc2)c(N2CCC(C)(C)CC2)c1[C@H](OC(C)(C)C)C(=O)O. The Kier molecular flexibility index (Phi) is 10.5. The molecule has 5 rings (SSSR count). The van der Waals surface area contributed by atoms with Crippen LogP contribution < -0.4 is 15.0 Å². The topological polar surface area (TPSA) is 96.8 Å². The summed E-state index contributed by atoms with van der Waals surface area (Å²) in [7, 11) is 0. The lowest BCUT2D eigenvalue weighted by Gasteiger charge is -2.41. The molecule has 0 bridgehead atoms. The van der Waals surface area contributed by atoms with E-state index >= 15 is 0 Å². The number of halogens is 3. The van der Waals surface area contributed by atoms with Gasteiger partial charge in [-0.25, -0.2) is 23.5 Å². The minimum Gasteiger partial charge on any atom is -0.493 e. The normalized spacial score (nSPS) is 15.2. The van der Waals surface area contributed by atoms with Crippen LogP contribution in [-0.2, 0) is 16.0 Å².